The number of nitrogens with zero attached hydrogens (tertiary/aromatic N) is 3. The Morgan fingerprint density at radius 2 is 0.736 bits per heavy atom. The van der Waals surface area contributed by atoms with Gasteiger partial charge in [0.2, 0.25) is 0 Å². The Morgan fingerprint density at radius 3 is 1.28 bits per heavy atom. The van der Waals surface area contributed by atoms with Crippen LogP contribution in [0.1, 0.15) is 0 Å². The van der Waals surface area contributed by atoms with Crippen molar-refractivity contribution in [1.82, 2.24) is 15.0 Å². The van der Waals surface area contributed by atoms with Crippen molar-refractivity contribution in [3.63, 3.8) is 0 Å². The van der Waals surface area contributed by atoms with Gasteiger partial charge in [0.1, 0.15) is 0 Å². The van der Waals surface area contributed by atoms with E-state index < -0.39 is 0 Å². The minimum absolute atomic E-state index is 0.659. The lowest BCUT2D eigenvalue weighted by Gasteiger charge is -2.12. The summed E-state index contributed by atoms with van der Waals surface area (Å²) in [5, 5.41) is 4.83. The summed E-state index contributed by atoms with van der Waals surface area (Å²) in [5.74, 6) is 1.99. The number of fused-ring (bicyclic) bond motifs is 5. The third-order valence-electron chi connectivity index (χ3n) is 9.90. The molecule has 0 saturated carbocycles. The molecule has 8 aromatic carbocycles. The van der Waals surface area contributed by atoms with E-state index in [0.717, 1.165) is 22.1 Å². The molecule has 0 fully saturated rings. The van der Waals surface area contributed by atoms with Crippen LogP contribution in [0.3, 0.4) is 0 Å². The molecule has 3 nitrogen and oxygen atoms in total. The van der Waals surface area contributed by atoms with Crippen molar-refractivity contribution in [1.29, 1.82) is 0 Å². The van der Waals surface area contributed by atoms with Gasteiger partial charge in [0, 0.05) is 36.9 Å². The highest BCUT2D eigenvalue weighted by molar-refractivity contribution is 7.26. The monoisotopic (exact) mass is 693 g/mol. The van der Waals surface area contributed by atoms with E-state index in [2.05, 4.69) is 152 Å². The maximum absolute atomic E-state index is 5.11. The van der Waals surface area contributed by atoms with E-state index in [0.29, 0.717) is 17.5 Å². The third-order valence-corrected chi connectivity index (χ3v) is 11.0. The Morgan fingerprint density at radius 1 is 0.283 bits per heavy atom. The molecule has 0 spiro atoms. The summed E-state index contributed by atoms with van der Waals surface area (Å²) in [5.41, 5.74) is 10.1. The number of benzene rings is 8. The van der Waals surface area contributed by atoms with E-state index in [1.807, 2.05) is 47.7 Å². The maximum Gasteiger partial charge on any atom is 0.164 e. The average Bonchev–Trinajstić information content (AvgIpc) is 3.62. The van der Waals surface area contributed by atoms with Crippen molar-refractivity contribution in [3.05, 3.63) is 188 Å². The standard InChI is InChI=1S/C49H31N3S/c1-5-15-32(16-6-1)37-27-38(33-17-7-2-8-18-33)29-39(28-37)36-25-26-42-44(30-36)53-45-31-43(40-23-13-14-24-41(40)46(42)45)49-51-47(34-19-9-3-10-20-34)50-48(52-49)35-21-11-4-12-22-35/h1-31H. The van der Waals surface area contributed by atoms with E-state index >= 15 is 0 Å². The van der Waals surface area contributed by atoms with Crippen LogP contribution in [0.15, 0.2) is 188 Å². The highest BCUT2D eigenvalue weighted by Crippen LogP contribution is 2.44. The number of thiophene rings is 1. The lowest BCUT2D eigenvalue weighted by Crippen LogP contribution is -2.00. The van der Waals surface area contributed by atoms with E-state index in [9.17, 15) is 0 Å². The maximum atomic E-state index is 5.11. The molecule has 2 heterocycles. The summed E-state index contributed by atoms with van der Waals surface area (Å²) in [4.78, 5) is 15.2. The van der Waals surface area contributed by atoms with Gasteiger partial charge in [-0.25, -0.2) is 15.0 Å². The van der Waals surface area contributed by atoms with Crippen molar-refractivity contribution in [3.8, 4) is 67.5 Å². The van der Waals surface area contributed by atoms with Crippen molar-refractivity contribution in [2.45, 2.75) is 0 Å². The van der Waals surface area contributed by atoms with Crippen LogP contribution >= 0.6 is 11.3 Å². The first-order chi connectivity index (χ1) is 26.2. The molecule has 0 atom stereocenters. The van der Waals surface area contributed by atoms with Crippen LogP contribution in [-0.2, 0) is 0 Å². The molecule has 0 N–H and O–H groups in total. The Hall–Kier alpha value is -6.75. The highest BCUT2D eigenvalue weighted by Gasteiger charge is 2.18. The quantitative estimate of drug-likeness (QED) is 0.174. The van der Waals surface area contributed by atoms with Crippen molar-refractivity contribution < 1.29 is 0 Å². The second-order valence-corrected chi connectivity index (χ2v) is 14.3. The van der Waals surface area contributed by atoms with E-state index in [1.165, 1.54) is 58.9 Å². The summed E-state index contributed by atoms with van der Waals surface area (Å²) in [7, 11) is 0. The molecule has 0 aliphatic carbocycles. The molecular formula is C49H31N3S. The summed E-state index contributed by atoms with van der Waals surface area (Å²) >= 11 is 1.83. The lowest BCUT2D eigenvalue weighted by atomic mass is 9.93. The largest absolute Gasteiger partial charge is 0.208 e. The van der Waals surface area contributed by atoms with E-state index in [-0.39, 0.29) is 0 Å². The molecule has 2 aromatic heterocycles. The molecule has 0 unspecified atom stereocenters. The molecule has 10 aromatic rings. The average molecular weight is 694 g/mol. The van der Waals surface area contributed by atoms with Crippen molar-refractivity contribution in [2.24, 2.45) is 0 Å². The zero-order chi connectivity index (χ0) is 35.1. The van der Waals surface area contributed by atoms with Crippen LogP contribution in [0.5, 0.6) is 0 Å². The van der Waals surface area contributed by atoms with Gasteiger partial charge >= 0.3 is 0 Å². The molecule has 0 aliphatic heterocycles. The summed E-state index contributed by atoms with van der Waals surface area (Å²) in [6, 6.07) is 66.4. The van der Waals surface area contributed by atoms with Crippen LogP contribution in [0, 0.1) is 0 Å². The van der Waals surface area contributed by atoms with Gasteiger partial charge in [-0.05, 0) is 74.5 Å². The van der Waals surface area contributed by atoms with Crippen LogP contribution in [0.4, 0.5) is 0 Å². The summed E-state index contributed by atoms with van der Waals surface area (Å²) < 4.78 is 2.45. The minimum Gasteiger partial charge on any atom is -0.208 e. The molecule has 0 radical (unpaired) electrons. The van der Waals surface area contributed by atoms with E-state index in [1.54, 1.807) is 0 Å². The molecule has 0 saturated heterocycles. The number of aromatic nitrogens is 3. The predicted molar refractivity (Wildman–Crippen MR) is 223 cm³/mol. The normalized spacial score (nSPS) is 11.4. The van der Waals surface area contributed by atoms with Crippen LogP contribution in [0.25, 0.3) is 98.5 Å². The molecule has 10 rings (SSSR count). The molecule has 0 bridgehead atoms. The Balaban J connectivity index is 1.16. The Labute approximate surface area is 311 Å². The van der Waals surface area contributed by atoms with Gasteiger partial charge in [-0.15, -0.1) is 11.3 Å². The Kier molecular flexibility index (Phi) is 7.67. The number of hydrogen-bond acceptors (Lipinski definition) is 4. The first-order valence-electron chi connectivity index (χ1n) is 17.8. The highest BCUT2D eigenvalue weighted by atomic mass is 32.1. The van der Waals surface area contributed by atoms with Crippen molar-refractivity contribution in [2.75, 3.05) is 0 Å². The second kappa shape index (κ2) is 13.1. The van der Waals surface area contributed by atoms with Crippen LogP contribution < -0.4 is 0 Å². The molecule has 248 valence electrons. The van der Waals surface area contributed by atoms with Gasteiger partial charge in [-0.1, -0.05) is 158 Å². The van der Waals surface area contributed by atoms with Crippen molar-refractivity contribution >= 4 is 42.3 Å². The molecule has 0 aliphatic rings. The predicted octanol–water partition coefficient (Wildman–Crippen LogP) is 13.4. The van der Waals surface area contributed by atoms with E-state index in [4.69, 9.17) is 15.0 Å². The fourth-order valence-corrected chi connectivity index (χ4v) is 8.52. The topological polar surface area (TPSA) is 38.7 Å². The molecular weight excluding hydrogens is 663 g/mol. The molecule has 53 heavy (non-hydrogen) atoms. The fraction of sp³-hybridized carbons (Fsp3) is 0. The third kappa shape index (κ3) is 5.76. The first kappa shape index (κ1) is 31.0. The van der Waals surface area contributed by atoms with Crippen LogP contribution in [0.2, 0.25) is 0 Å². The second-order valence-electron chi connectivity index (χ2n) is 13.2. The minimum atomic E-state index is 0.659. The van der Waals surface area contributed by atoms with Crippen LogP contribution in [-0.4, -0.2) is 15.0 Å². The molecule has 0 amide bonds. The fourth-order valence-electron chi connectivity index (χ4n) is 7.32. The lowest BCUT2D eigenvalue weighted by molar-refractivity contribution is 1.08. The SMILES string of the molecule is c1ccc(-c2cc(-c3ccccc3)cc(-c3ccc4c(c3)sc3cc(-c5nc(-c6ccccc6)nc(-c6ccccc6)n5)c5ccccc5c34)c2)cc1. The zero-order valence-corrected chi connectivity index (χ0v) is 29.5. The summed E-state index contributed by atoms with van der Waals surface area (Å²) in [6.45, 7) is 0. The smallest absolute Gasteiger partial charge is 0.164 e. The number of rotatable bonds is 6. The van der Waals surface area contributed by atoms with Gasteiger partial charge in [-0.2, -0.15) is 0 Å². The zero-order valence-electron chi connectivity index (χ0n) is 28.6. The van der Waals surface area contributed by atoms with Gasteiger partial charge in [0.15, 0.2) is 17.5 Å². The molecule has 4 heteroatoms. The van der Waals surface area contributed by atoms with Gasteiger partial charge in [-0.3, -0.25) is 0 Å². The number of hydrogen-bond donors (Lipinski definition) is 0. The Bertz CT molecular complexity index is 2810. The van der Waals surface area contributed by atoms with Gasteiger partial charge in [0.05, 0.1) is 0 Å². The summed E-state index contributed by atoms with van der Waals surface area (Å²) in [6.07, 6.45) is 0. The van der Waals surface area contributed by atoms with Gasteiger partial charge in [0.25, 0.3) is 0 Å². The van der Waals surface area contributed by atoms with Gasteiger partial charge < -0.3 is 0 Å². The first-order valence-corrected chi connectivity index (χ1v) is 18.6.